The Morgan fingerprint density at radius 1 is 1.15 bits per heavy atom. The monoisotopic (exact) mass is 367 g/mol. The van der Waals surface area contributed by atoms with Crippen LogP contribution >= 0.6 is 0 Å². The van der Waals surface area contributed by atoms with E-state index < -0.39 is 0 Å². The molecule has 0 atom stereocenters. The van der Waals surface area contributed by atoms with E-state index in [4.69, 9.17) is 9.47 Å². The number of benzene rings is 2. The fraction of sp³-hybridized carbons (Fsp3) is 0.250. The Balaban J connectivity index is 1.50. The number of rotatable bonds is 8. The van der Waals surface area contributed by atoms with Crippen molar-refractivity contribution < 1.29 is 14.3 Å². The summed E-state index contributed by atoms with van der Waals surface area (Å²) >= 11 is 0. The van der Waals surface area contributed by atoms with E-state index in [1.165, 1.54) is 6.33 Å². The zero-order valence-electron chi connectivity index (χ0n) is 15.0. The summed E-state index contributed by atoms with van der Waals surface area (Å²) in [4.78, 5) is 30.5. The molecule has 1 amide bonds. The molecule has 2 N–H and O–H groups in total. The maximum atomic E-state index is 12.1. The Kier molecular flexibility index (Phi) is 6.04. The maximum absolute atomic E-state index is 12.1. The van der Waals surface area contributed by atoms with Crippen molar-refractivity contribution in [3.8, 4) is 11.5 Å². The van der Waals surface area contributed by atoms with Crippen molar-refractivity contribution in [2.75, 3.05) is 18.5 Å². The highest BCUT2D eigenvalue weighted by Crippen LogP contribution is 2.26. The van der Waals surface area contributed by atoms with Crippen molar-refractivity contribution in [1.82, 2.24) is 9.97 Å². The molecular formula is C20H21N3O4. The zero-order chi connectivity index (χ0) is 19.1. The molecule has 27 heavy (non-hydrogen) atoms. The molecule has 3 rings (SSSR count). The van der Waals surface area contributed by atoms with Gasteiger partial charge in [-0.15, -0.1) is 0 Å². The molecular weight excluding hydrogens is 346 g/mol. The van der Waals surface area contributed by atoms with E-state index in [-0.39, 0.29) is 11.5 Å². The van der Waals surface area contributed by atoms with Gasteiger partial charge in [0.25, 0.3) is 5.56 Å². The van der Waals surface area contributed by atoms with E-state index in [1.807, 2.05) is 31.2 Å². The summed E-state index contributed by atoms with van der Waals surface area (Å²) in [5.41, 5.74) is 0.907. The van der Waals surface area contributed by atoms with Crippen LogP contribution in [0.4, 0.5) is 5.69 Å². The lowest BCUT2D eigenvalue weighted by Gasteiger charge is -2.11. The molecule has 2 aromatic carbocycles. The summed E-state index contributed by atoms with van der Waals surface area (Å²) in [6.45, 7) is 2.88. The summed E-state index contributed by atoms with van der Waals surface area (Å²) in [5.74, 6) is 1.22. The normalized spacial score (nSPS) is 10.6. The first-order chi connectivity index (χ1) is 13.2. The number of aromatic nitrogens is 2. The van der Waals surface area contributed by atoms with Crippen molar-refractivity contribution in [3.63, 3.8) is 0 Å². The van der Waals surface area contributed by atoms with Crippen molar-refractivity contribution >= 4 is 22.5 Å². The molecule has 0 bridgehead atoms. The fourth-order valence-electron chi connectivity index (χ4n) is 2.63. The van der Waals surface area contributed by atoms with Gasteiger partial charge in [0.1, 0.15) is 0 Å². The van der Waals surface area contributed by atoms with Crippen LogP contribution in [0, 0.1) is 0 Å². The van der Waals surface area contributed by atoms with Crippen LogP contribution in [0.1, 0.15) is 19.8 Å². The number of carbonyl (C=O) groups is 1. The van der Waals surface area contributed by atoms with E-state index in [9.17, 15) is 9.59 Å². The van der Waals surface area contributed by atoms with Gasteiger partial charge in [0, 0.05) is 12.1 Å². The molecule has 0 saturated carbocycles. The molecule has 0 aliphatic rings. The first-order valence-corrected chi connectivity index (χ1v) is 8.79. The summed E-state index contributed by atoms with van der Waals surface area (Å²) in [7, 11) is 0. The molecule has 0 radical (unpaired) electrons. The Bertz CT molecular complexity index is 984. The minimum absolute atomic E-state index is 0.142. The second-order valence-corrected chi connectivity index (χ2v) is 5.84. The van der Waals surface area contributed by atoms with Gasteiger partial charge >= 0.3 is 0 Å². The minimum atomic E-state index is -0.238. The number of fused-ring (bicyclic) bond motifs is 1. The average molecular weight is 367 g/mol. The van der Waals surface area contributed by atoms with E-state index in [2.05, 4.69) is 15.3 Å². The third-order valence-corrected chi connectivity index (χ3v) is 3.88. The molecule has 0 saturated heterocycles. The number of nitrogens with zero attached hydrogens (tertiary/aromatic N) is 1. The smallest absolute Gasteiger partial charge is 0.258 e. The lowest BCUT2D eigenvalue weighted by Crippen LogP contribution is -2.13. The second-order valence-electron chi connectivity index (χ2n) is 5.84. The predicted octanol–water partition coefficient (Wildman–Crippen LogP) is 3.12. The average Bonchev–Trinajstić information content (AvgIpc) is 2.67. The van der Waals surface area contributed by atoms with Crippen LogP contribution < -0.4 is 20.3 Å². The van der Waals surface area contributed by atoms with Gasteiger partial charge in [0.05, 0.1) is 30.4 Å². The highest BCUT2D eigenvalue weighted by atomic mass is 16.5. The number of hydrogen-bond donors (Lipinski definition) is 2. The lowest BCUT2D eigenvalue weighted by atomic mass is 10.2. The number of amides is 1. The van der Waals surface area contributed by atoms with Gasteiger partial charge in [-0.25, -0.2) is 4.98 Å². The quantitative estimate of drug-likeness (QED) is 0.597. The van der Waals surface area contributed by atoms with Gasteiger partial charge < -0.3 is 19.8 Å². The fourth-order valence-corrected chi connectivity index (χ4v) is 2.63. The van der Waals surface area contributed by atoms with Crippen LogP contribution in [-0.2, 0) is 4.79 Å². The Morgan fingerprint density at radius 2 is 1.93 bits per heavy atom. The number of hydrogen-bond acceptors (Lipinski definition) is 5. The molecule has 1 heterocycles. The van der Waals surface area contributed by atoms with Gasteiger partial charge in [-0.2, -0.15) is 0 Å². The number of para-hydroxylation sites is 2. The molecule has 1 aromatic heterocycles. The molecule has 7 heteroatoms. The van der Waals surface area contributed by atoms with E-state index in [1.54, 1.807) is 18.2 Å². The Labute approximate surface area is 156 Å². The highest BCUT2D eigenvalue weighted by molar-refractivity contribution is 5.93. The SMILES string of the molecule is CCOc1ccccc1OCCCC(=O)Nc1ccc2nc[nH]c(=O)c2c1. The Morgan fingerprint density at radius 3 is 2.70 bits per heavy atom. The van der Waals surface area contributed by atoms with Crippen LogP contribution in [0.5, 0.6) is 11.5 Å². The second kappa shape index (κ2) is 8.84. The van der Waals surface area contributed by atoms with Crippen molar-refractivity contribution in [2.24, 2.45) is 0 Å². The van der Waals surface area contributed by atoms with Crippen LogP contribution in [0.3, 0.4) is 0 Å². The van der Waals surface area contributed by atoms with Gasteiger partial charge in [-0.05, 0) is 43.7 Å². The zero-order valence-corrected chi connectivity index (χ0v) is 15.0. The van der Waals surface area contributed by atoms with Gasteiger partial charge in [-0.1, -0.05) is 12.1 Å². The number of anilines is 1. The predicted molar refractivity (Wildman–Crippen MR) is 103 cm³/mol. The van der Waals surface area contributed by atoms with Gasteiger partial charge in [0.15, 0.2) is 11.5 Å². The van der Waals surface area contributed by atoms with Crippen LogP contribution in [-0.4, -0.2) is 29.1 Å². The number of H-pyrrole nitrogens is 1. The molecule has 0 aliphatic heterocycles. The largest absolute Gasteiger partial charge is 0.490 e. The van der Waals surface area contributed by atoms with E-state index >= 15 is 0 Å². The maximum Gasteiger partial charge on any atom is 0.258 e. The number of ether oxygens (including phenoxy) is 2. The van der Waals surface area contributed by atoms with Crippen LogP contribution in [0.25, 0.3) is 10.9 Å². The third kappa shape index (κ3) is 4.84. The van der Waals surface area contributed by atoms with Crippen LogP contribution in [0.15, 0.2) is 53.6 Å². The van der Waals surface area contributed by atoms with E-state index in [0.717, 1.165) is 0 Å². The van der Waals surface area contributed by atoms with Crippen LogP contribution in [0.2, 0.25) is 0 Å². The van der Waals surface area contributed by atoms with Gasteiger partial charge in [-0.3, -0.25) is 9.59 Å². The summed E-state index contributed by atoms with van der Waals surface area (Å²) in [6.07, 6.45) is 2.22. The highest BCUT2D eigenvalue weighted by Gasteiger charge is 2.07. The molecule has 0 spiro atoms. The van der Waals surface area contributed by atoms with E-state index in [0.29, 0.717) is 54.1 Å². The molecule has 0 fully saturated rings. The topological polar surface area (TPSA) is 93.3 Å². The first kappa shape index (κ1) is 18.4. The van der Waals surface area contributed by atoms with Crippen molar-refractivity contribution in [2.45, 2.75) is 19.8 Å². The van der Waals surface area contributed by atoms with Gasteiger partial charge in [0.2, 0.25) is 5.91 Å². The molecule has 0 unspecified atom stereocenters. The number of aromatic amines is 1. The number of nitrogens with one attached hydrogen (secondary N) is 2. The first-order valence-electron chi connectivity index (χ1n) is 8.79. The van der Waals surface area contributed by atoms with Crippen molar-refractivity contribution in [3.05, 3.63) is 59.1 Å². The lowest BCUT2D eigenvalue weighted by molar-refractivity contribution is -0.116. The van der Waals surface area contributed by atoms with Crippen molar-refractivity contribution in [1.29, 1.82) is 0 Å². The molecule has 140 valence electrons. The summed E-state index contributed by atoms with van der Waals surface area (Å²) < 4.78 is 11.2. The number of carbonyl (C=O) groups excluding carboxylic acids is 1. The summed E-state index contributed by atoms with van der Waals surface area (Å²) in [5, 5.41) is 3.23. The Hall–Kier alpha value is -3.35. The summed E-state index contributed by atoms with van der Waals surface area (Å²) in [6, 6.07) is 12.5. The molecule has 7 nitrogen and oxygen atoms in total. The molecule has 3 aromatic rings. The molecule has 0 aliphatic carbocycles. The minimum Gasteiger partial charge on any atom is -0.490 e. The standard InChI is InChI=1S/C20H21N3O4/c1-2-26-17-6-3-4-7-18(17)27-11-5-8-19(24)23-14-9-10-16-15(12-14)20(25)22-13-21-16/h3-4,6-7,9-10,12-13H,2,5,8,11H2,1H3,(H,23,24)(H,21,22,25). The third-order valence-electron chi connectivity index (χ3n) is 3.88.